The van der Waals surface area contributed by atoms with Crippen molar-refractivity contribution in [2.45, 2.75) is 25.0 Å². The van der Waals surface area contributed by atoms with Gasteiger partial charge in [0.25, 0.3) is 5.91 Å². The van der Waals surface area contributed by atoms with Crippen LogP contribution in [0.1, 0.15) is 20.3 Å². The van der Waals surface area contributed by atoms with Gasteiger partial charge in [0.05, 0.1) is 5.69 Å². The van der Waals surface area contributed by atoms with Gasteiger partial charge in [-0.3, -0.25) is 9.79 Å². The normalized spacial score (nSPS) is 14.8. The lowest BCUT2D eigenvalue weighted by atomic mass is 10.2. The number of rotatable bonds is 7. The minimum Gasteiger partial charge on any atom is -0.482 e. The topological polar surface area (TPSA) is 66.0 Å². The first kappa shape index (κ1) is 19.4. The zero-order valence-corrected chi connectivity index (χ0v) is 16.3. The number of fused-ring (bicyclic) bond motifs is 1. The molecule has 6 nitrogen and oxygen atoms in total. The second-order valence-corrected chi connectivity index (χ2v) is 7.99. The Labute approximate surface area is 154 Å². The number of thioether (sulfide) groups is 1. The molecule has 1 amide bonds. The number of ether oxygens (including phenoxy) is 1. The van der Waals surface area contributed by atoms with Crippen LogP contribution in [0.3, 0.4) is 0 Å². The Balaban J connectivity index is 1.80. The lowest BCUT2D eigenvalue weighted by Gasteiger charge is -2.29. The lowest BCUT2D eigenvalue weighted by molar-refractivity contribution is -0.121. The van der Waals surface area contributed by atoms with Crippen LogP contribution < -0.4 is 20.3 Å². The predicted octanol–water partition coefficient (Wildman–Crippen LogP) is 2.11. The maximum atomic E-state index is 12.1. The van der Waals surface area contributed by atoms with Crippen molar-refractivity contribution in [2.75, 3.05) is 44.4 Å². The fourth-order valence-corrected chi connectivity index (χ4v) is 2.65. The quantitative estimate of drug-likeness (QED) is 0.441. The van der Waals surface area contributed by atoms with Gasteiger partial charge in [-0.2, -0.15) is 11.8 Å². The van der Waals surface area contributed by atoms with Gasteiger partial charge < -0.3 is 20.3 Å². The molecule has 2 N–H and O–H groups in total. The first-order chi connectivity index (χ1) is 12.0. The van der Waals surface area contributed by atoms with E-state index in [9.17, 15) is 4.79 Å². The maximum absolute atomic E-state index is 12.1. The standard InChI is InChI=1S/C18H28N4O2S/c1-18(2,25-4)13-21-17(19-3)20-10-7-11-22-14-8-5-6-9-15(14)24-12-16(22)23/h5-6,8-9H,7,10-13H2,1-4H3,(H2,19,20,21). The Bertz CT molecular complexity index is 619. The number of anilines is 1. The molecular weight excluding hydrogens is 336 g/mol. The molecule has 0 bridgehead atoms. The molecule has 1 heterocycles. The summed E-state index contributed by atoms with van der Waals surface area (Å²) in [6, 6.07) is 7.66. The van der Waals surface area contributed by atoms with Gasteiger partial charge in [0.15, 0.2) is 12.6 Å². The Morgan fingerprint density at radius 2 is 2.12 bits per heavy atom. The third kappa shape index (κ3) is 5.56. The Morgan fingerprint density at radius 1 is 1.36 bits per heavy atom. The van der Waals surface area contributed by atoms with E-state index in [0.29, 0.717) is 6.54 Å². The number of hydrogen-bond acceptors (Lipinski definition) is 4. The number of nitrogens with one attached hydrogen (secondary N) is 2. The van der Waals surface area contributed by atoms with E-state index in [0.717, 1.165) is 36.9 Å². The first-order valence-electron chi connectivity index (χ1n) is 8.49. The summed E-state index contributed by atoms with van der Waals surface area (Å²) in [7, 11) is 1.77. The fraction of sp³-hybridized carbons (Fsp3) is 0.556. The summed E-state index contributed by atoms with van der Waals surface area (Å²) in [4.78, 5) is 18.2. The second kappa shape index (κ2) is 8.99. The number of carbonyl (C=O) groups is 1. The van der Waals surface area contributed by atoms with Gasteiger partial charge in [-0.15, -0.1) is 0 Å². The Kier molecular flexibility index (Phi) is 6.99. The van der Waals surface area contributed by atoms with Crippen molar-refractivity contribution < 1.29 is 9.53 Å². The van der Waals surface area contributed by atoms with Gasteiger partial charge >= 0.3 is 0 Å². The van der Waals surface area contributed by atoms with Crippen LogP contribution >= 0.6 is 11.8 Å². The summed E-state index contributed by atoms with van der Waals surface area (Å²) in [5, 5.41) is 6.65. The molecule has 0 aromatic heterocycles. The molecule has 1 aromatic carbocycles. The van der Waals surface area contributed by atoms with Crippen molar-refractivity contribution >= 4 is 29.3 Å². The molecule has 0 unspecified atom stereocenters. The third-order valence-corrected chi connectivity index (χ3v) is 5.37. The zero-order chi connectivity index (χ0) is 18.3. The molecule has 0 aliphatic carbocycles. The SMILES string of the molecule is CN=C(NCCCN1C(=O)COc2ccccc21)NCC(C)(C)SC. The van der Waals surface area contributed by atoms with E-state index < -0.39 is 0 Å². The van der Waals surface area contributed by atoms with Gasteiger partial charge in [-0.1, -0.05) is 12.1 Å². The van der Waals surface area contributed by atoms with Crippen LogP contribution in [0, 0.1) is 0 Å². The highest BCUT2D eigenvalue weighted by molar-refractivity contribution is 7.99. The molecule has 0 saturated heterocycles. The van der Waals surface area contributed by atoms with Crippen molar-refractivity contribution in [2.24, 2.45) is 4.99 Å². The summed E-state index contributed by atoms with van der Waals surface area (Å²) >= 11 is 1.82. The van der Waals surface area contributed by atoms with Crippen molar-refractivity contribution in [1.82, 2.24) is 10.6 Å². The number of amides is 1. The molecule has 0 spiro atoms. The molecule has 0 atom stereocenters. The van der Waals surface area contributed by atoms with E-state index in [1.165, 1.54) is 0 Å². The monoisotopic (exact) mass is 364 g/mol. The van der Waals surface area contributed by atoms with E-state index in [1.54, 1.807) is 11.9 Å². The molecule has 2 rings (SSSR count). The first-order valence-corrected chi connectivity index (χ1v) is 9.71. The number of nitrogens with zero attached hydrogens (tertiary/aromatic N) is 2. The summed E-state index contributed by atoms with van der Waals surface area (Å²) in [6.45, 7) is 6.73. The predicted molar refractivity (Wildman–Crippen MR) is 106 cm³/mol. The van der Waals surface area contributed by atoms with Crippen LogP contribution in [0.25, 0.3) is 0 Å². The van der Waals surface area contributed by atoms with Gasteiger partial charge in [-0.25, -0.2) is 0 Å². The minimum absolute atomic E-state index is 0.00271. The van der Waals surface area contributed by atoms with Crippen molar-refractivity contribution in [3.8, 4) is 5.75 Å². The van der Waals surface area contributed by atoms with Gasteiger partial charge in [0.1, 0.15) is 5.75 Å². The smallest absolute Gasteiger partial charge is 0.265 e. The maximum Gasteiger partial charge on any atom is 0.265 e. The molecule has 0 fully saturated rings. The molecule has 138 valence electrons. The third-order valence-electron chi connectivity index (χ3n) is 4.12. The molecule has 1 aromatic rings. The fourth-order valence-electron chi connectivity index (χ4n) is 2.43. The van der Waals surface area contributed by atoms with E-state index in [-0.39, 0.29) is 17.3 Å². The average Bonchev–Trinajstić information content (AvgIpc) is 2.62. The van der Waals surface area contributed by atoms with Crippen LogP contribution in [0.4, 0.5) is 5.69 Å². The highest BCUT2D eigenvalue weighted by Crippen LogP contribution is 2.31. The van der Waals surface area contributed by atoms with Crippen molar-refractivity contribution in [1.29, 1.82) is 0 Å². The molecule has 1 aliphatic heterocycles. The minimum atomic E-state index is 0.00271. The van der Waals surface area contributed by atoms with Crippen LogP contribution in [-0.4, -0.2) is 56.2 Å². The summed E-state index contributed by atoms with van der Waals surface area (Å²) in [6.07, 6.45) is 2.93. The number of hydrogen-bond donors (Lipinski definition) is 2. The molecular formula is C18H28N4O2S. The van der Waals surface area contributed by atoms with E-state index in [4.69, 9.17) is 4.74 Å². The number of para-hydroxylation sites is 2. The van der Waals surface area contributed by atoms with E-state index >= 15 is 0 Å². The average molecular weight is 365 g/mol. The highest BCUT2D eigenvalue weighted by Gasteiger charge is 2.24. The zero-order valence-electron chi connectivity index (χ0n) is 15.5. The van der Waals surface area contributed by atoms with E-state index in [1.807, 2.05) is 36.0 Å². The van der Waals surface area contributed by atoms with E-state index in [2.05, 4.69) is 35.7 Å². The number of carbonyl (C=O) groups excluding carboxylic acids is 1. The summed E-state index contributed by atoms with van der Waals surface area (Å²) in [5.74, 6) is 1.56. The van der Waals surface area contributed by atoms with Crippen LogP contribution in [0.15, 0.2) is 29.3 Å². The van der Waals surface area contributed by atoms with Gasteiger partial charge in [-0.05, 0) is 38.7 Å². The summed E-state index contributed by atoms with van der Waals surface area (Å²) in [5.41, 5.74) is 0.850. The number of aliphatic imine (C=N–C) groups is 1. The van der Waals surface area contributed by atoms with Crippen LogP contribution in [0.2, 0.25) is 0 Å². The Morgan fingerprint density at radius 3 is 2.84 bits per heavy atom. The second-order valence-electron chi connectivity index (χ2n) is 6.47. The van der Waals surface area contributed by atoms with Crippen molar-refractivity contribution in [3.63, 3.8) is 0 Å². The molecule has 0 radical (unpaired) electrons. The molecule has 0 saturated carbocycles. The van der Waals surface area contributed by atoms with Crippen LogP contribution in [-0.2, 0) is 4.79 Å². The molecule has 7 heteroatoms. The summed E-state index contributed by atoms with van der Waals surface area (Å²) < 4.78 is 5.62. The largest absolute Gasteiger partial charge is 0.482 e. The van der Waals surface area contributed by atoms with Gasteiger partial charge in [0, 0.05) is 31.4 Å². The highest BCUT2D eigenvalue weighted by atomic mass is 32.2. The van der Waals surface area contributed by atoms with Gasteiger partial charge in [0.2, 0.25) is 0 Å². The number of benzene rings is 1. The Hall–Kier alpha value is -1.89. The number of guanidine groups is 1. The lowest BCUT2D eigenvalue weighted by Crippen LogP contribution is -2.44. The van der Waals surface area contributed by atoms with Crippen LogP contribution in [0.5, 0.6) is 5.75 Å². The van der Waals surface area contributed by atoms with Crippen molar-refractivity contribution in [3.05, 3.63) is 24.3 Å². The molecule has 25 heavy (non-hydrogen) atoms. The molecule has 1 aliphatic rings.